The monoisotopic (exact) mass is 172 g/mol. The van der Waals surface area contributed by atoms with E-state index in [1.54, 1.807) is 6.20 Å². The van der Waals surface area contributed by atoms with Crippen LogP contribution in [0.1, 0.15) is 5.56 Å². The van der Waals surface area contributed by atoms with Crippen LogP contribution in [-0.4, -0.2) is 20.2 Å². The van der Waals surface area contributed by atoms with Crippen molar-refractivity contribution in [2.45, 2.75) is 0 Å². The van der Waals surface area contributed by atoms with Crippen LogP contribution in [-0.2, 0) is 0 Å². The Bertz CT molecular complexity index is 377. The van der Waals surface area contributed by atoms with Crippen LogP contribution in [0.25, 0.3) is 12.3 Å². The summed E-state index contributed by atoms with van der Waals surface area (Å²) < 4.78 is 0. The van der Waals surface area contributed by atoms with Crippen molar-refractivity contribution in [2.24, 2.45) is 0 Å². The van der Waals surface area contributed by atoms with Crippen LogP contribution in [0.3, 0.4) is 0 Å². The molecule has 13 heavy (non-hydrogen) atoms. The fraction of sp³-hybridized carbons (Fsp3) is 0. The summed E-state index contributed by atoms with van der Waals surface area (Å²) in [5.41, 5.74) is 1.11. The molecule has 1 aromatic carbocycles. The van der Waals surface area contributed by atoms with Gasteiger partial charge in [-0.3, -0.25) is 0 Å². The number of hydrogen-bond donors (Lipinski definition) is 0. The van der Waals surface area contributed by atoms with E-state index in [4.69, 9.17) is 0 Å². The Morgan fingerprint density at radius 1 is 1.15 bits per heavy atom. The Hall–Kier alpha value is -1.97. The van der Waals surface area contributed by atoms with Gasteiger partial charge in [0.25, 0.3) is 0 Å². The van der Waals surface area contributed by atoms with E-state index >= 15 is 0 Å². The number of rotatable bonds is 2. The fourth-order valence-corrected chi connectivity index (χ4v) is 0.960. The zero-order valence-corrected chi connectivity index (χ0v) is 6.91. The lowest BCUT2D eigenvalue weighted by Crippen LogP contribution is -1.90. The third-order valence-corrected chi connectivity index (χ3v) is 1.56. The molecule has 2 aromatic rings. The van der Waals surface area contributed by atoms with E-state index < -0.39 is 0 Å². The number of aromatic nitrogens is 4. The molecule has 4 heteroatoms. The van der Waals surface area contributed by atoms with E-state index in [2.05, 4.69) is 15.4 Å². The minimum atomic E-state index is 1.11. The highest BCUT2D eigenvalue weighted by molar-refractivity contribution is 5.59. The lowest BCUT2D eigenvalue weighted by Gasteiger charge is -1.89. The number of tetrazole rings is 1. The van der Waals surface area contributed by atoms with Gasteiger partial charge in [0.2, 0.25) is 0 Å². The Balaban J connectivity index is 2.15. The van der Waals surface area contributed by atoms with Crippen molar-refractivity contribution < 1.29 is 0 Å². The normalized spacial score (nSPS) is 10.8. The van der Waals surface area contributed by atoms with Gasteiger partial charge in [0.1, 0.15) is 0 Å². The van der Waals surface area contributed by atoms with Crippen LogP contribution in [0.15, 0.2) is 36.7 Å². The second-order valence-electron chi connectivity index (χ2n) is 2.48. The molecule has 1 aromatic heterocycles. The molecular weight excluding hydrogens is 164 g/mol. The van der Waals surface area contributed by atoms with Crippen LogP contribution in [0.2, 0.25) is 0 Å². The number of benzene rings is 1. The Kier molecular flexibility index (Phi) is 2.14. The summed E-state index contributed by atoms with van der Waals surface area (Å²) in [4.78, 5) is 1.41. The first kappa shape index (κ1) is 7.67. The van der Waals surface area contributed by atoms with E-state index in [9.17, 15) is 0 Å². The van der Waals surface area contributed by atoms with E-state index in [-0.39, 0.29) is 0 Å². The lowest BCUT2D eigenvalue weighted by atomic mass is 10.2. The van der Waals surface area contributed by atoms with Crippen molar-refractivity contribution in [1.82, 2.24) is 20.2 Å². The largest absolute Gasteiger partial charge is 0.162 e. The molecule has 0 N–H and O–H groups in total. The highest BCUT2D eigenvalue weighted by atomic mass is 15.6. The maximum atomic E-state index is 3.84. The molecule has 1 heterocycles. The molecule has 4 nitrogen and oxygen atoms in total. The van der Waals surface area contributed by atoms with Crippen molar-refractivity contribution in [3.63, 3.8) is 0 Å². The number of nitrogens with zero attached hydrogens (tertiary/aromatic N) is 4. The van der Waals surface area contributed by atoms with E-state index in [1.807, 2.05) is 36.4 Å². The predicted molar refractivity (Wildman–Crippen MR) is 49.5 cm³/mol. The third-order valence-electron chi connectivity index (χ3n) is 1.56. The van der Waals surface area contributed by atoms with Gasteiger partial charge in [-0.25, -0.2) is 0 Å². The highest BCUT2D eigenvalue weighted by Crippen LogP contribution is 2.00. The molecule has 0 radical (unpaired) electrons. The molecule has 0 fully saturated rings. The molecule has 2 rings (SSSR count). The lowest BCUT2D eigenvalue weighted by molar-refractivity contribution is 0.761. The summed E-state index contributed by atoms with van der Waals surface area (Å²) in [5, 5.41) is 11.1. The van der Waals surface area contributed by atoms with Crippen molar-refractivity contribution in [3.05, 3.63) is 42.2 Å². The second-order valence-corrected chi connectivity index (χ2v) is 2.48. The van der Waals surface area contributed by atoms with E-state index in [0.717, 1.165) is 5.56 Å². The molecule has 0 saturated heterocycles. The summed E-state index contributed by atoms with van der Waals surface area (Å²) >= 11 is 0. The van der Waals surface area contributed by atoms with E-state index in [0.29, 0.717) is 0 Å². The van der Waals surface area contributed by atoms with Gasteiger partial charge in [0.05, 0.1) is 6.20 Å². The van der Waals surface area contributed by atoms with Crippen molar-refractivity contribution in [1.29, 1.82) is 0 Å². The zero-order chi connectivity index (χ0) is 8.93. The fourth-order valence-electron chi connectivity index (χ4n) is 0.960. The molecule has 0 aliphatic rings. The summed E-state index contributed by atoms with van der Waals surface area (Å²) in [6.07, 6.45) is 5.07. The van der Waals surface area contributed by atoms with Crippen LogP contribution < -0.4 is 0 Å². The maximum Gasteiger partial charge on any atom is 0.162 e. The van der Waals surface area contributed by atoms with Crippen LogP contribution in [0.5, 0.6) is 0 Å². The van der Waals surface area contributed by atoms with Crippen molar-refractivity contribution in [2.75, 3.05) is 0 Å². The maximum absolute atomic E-state index is 3.84. The van der Waals surface area contributed by atoms with Crippen molar-refractivity contribution >= 4 is 12.3 Å². The molecule has 0 amide bonds. The summed E-state index contributed by atoms with van der Waals surface area (Å²) in [5.74, 6) is 0. The molecule has 0 spiro atoms. The SMILES string of the molecule is C(=C\n1ncnn1)/c1ccccc1. The summed E-state index contributed by atoms with van der Waals surface area (Å²) in [6.45, 7) is 0. The van der Waals surface area contributed by atoms with Gasteiger partial charge in [0.15, 0.2) is 6.33 Å². The highest BCUT2D eigenvalue weighted by Gasteiger charge is 1.85. The van der Waals surface area contributed by atoms with E-state index in [1.165, 1.54) is 11.1 Å². The molecule has 0 atom stereocenters. The Morgan fingerprint density at radius 3 is 2.69 bits per heavy atom. The molecule has 64 valence electrons. The van der Waals surface area contributed by atoms with Gasteiger partial charge in [-0.2, -0.15) is 0 Å². The molecule has 0 aliphatic carbocycles. The molecule has 0 aliphatic heterocycles. The second kappa shape index (κ2) is 3.62. The minimum absolute atomic E-state index is 1.11. The first-order chi connectivity index (χ1) is 6.45. The Morgan fingerprint density at radius 2 is 2.00 bits per heavy atom. The average molecular weight is 172 g/mol. The van der Waals surface area contributed by atoms with Gasteiger partial charge >= 0.3 is 0 Å². The van der Waals surface area contributed by atoms with Gasteiger partial charge < -0.3 is 0 Å². The summed E-state index contributed by atoms with van der Waals surface area (Å²) in [6, 6.07) is 9.95. The topological polar surface area (TPSA) is 43.6 Å². The molecule has 0 saturated carbocycles. The molecule has 0 unspecified atom stereocenters. The third kappa shape index (κ3) is 1.99. The minimum Gasteiger partial charge on any atom is -0.139 e. The standard InChI is InChI=1S/C9H8N4/c1-2-4-9(5-3-1)6-7-13-11-8-10-12-13/h1-8H/b7-6+. The van der Waals surface area contributed by atoms with Gasteiger partial charge in [-0.15, -0.1) is 15.0 Å². The first-order valence-corrected chi connectivity index (χ1v) is 3.91. The quantitative estimate of drug-likeness (QED) is 0.685. The van der Waals surface area contributed by atoms with Gasteiger partial charge in [-0.05, 0) is 16.9 Å². The predicted octanol–water partition coefficient (Wildman–Crippen LogP) is 1.30. The number of hydrogen-bond acceptors (Lipinski definition) is 3. The Labute approximate surface area is 75.5 Å². The smallest absolute Gasteiger partial charge is 0.139 e. The van der Waals surface area contributed by atoms with Gasteiger partial charge in [0, 0.05) is 0 Å². The van der Waals surface area contributed by atoms with Crippen LogP contribution in [0, 0.1) is 0 Å². The summed E-state index contributed by atoms with van der Waals surface area (Å²) in [7, 11) is 0. The van der Waals surface area contributed by atoms with Crippen molar-refractivity contribution in [3.8, 4) is 0 Å². The first-order valence-electron chi connectivity index (χ1n) is 3.91. The molecular formula is C9H8N4. The van der Waals surface area contributed by atoms with Gasteiger partial charge in [-0.1, -0.05) is 30.3 Å². The zero-order valence-electron chi connectivity index (χ0n) is 6.91. The molecule has 0 bridgehead atoms. The van der Waals surface area contributed by atoms with Crippen LogP contribution >= 0.6 is 0 Å². The van der Waals surface area contributed by atoms with Crippen LogP contribution in [0.4, 0.5) is 0 Å². The average Bonchev–Trinajstić information content (AvgIpc) is 2.69.